The molecular weight excluding hydrogens is 414 g/mol. The summed E-state index contributed by atoms with van der Waals surface area (Å²) in [5, 5.41) is 0.106. The van der Waals surface area contributed by atoms with Crippen LogP contribution >= 0.6 is 27.5 Å². The van der Waals surface area contributed by atoms with E-state index in [0.29, 0.717) is 0 Å². The van der Waals surface area contributed by atoms with Gasteiger partial charge >= 0.3 is 5.97 Å². The Bertz CT molecular complexity index is 797. The fourth-order valence-corrected chi connectivity index (χ4v) is 2.69. The minimum absolute atomic E-state index is 0.106. The molecule has 2 N–H and O–H groups in total. The molecule has 0 saturated carbocycles. The van der Waals surface area contributed by atoms with Crippen LogP contribution < -0.4 is 15.2 Å². The smallest absolute Gasteiger partial charge is 0.338 e. The van der Waals surface area contributed by atoms with Gasteiger partial charge in [-0.05, 0) is 29.8 Å². The van der Waals surface area contributed by atoms with E-state index in [1.807, 2.05) is 24.3 Å². The number of primary amides is 1. The first-order valence-corrected chi connectivity index (χ1v) is 8.28. The number of carbonyl (C=O) groups is 2. The molecule has 0 heterocycles. The van der Waals surface area contributed by atoms with E-state index in [1.165, 1.54) is 19.2 Å². The Morgan fingerprint density at radius 1 is 1.24 bits per heavy atom. The first-order chi connectivity index (χ1) is 11.9. The largest absolute Gasteiger partial charge is 0.493 e. The van der Waals surface area contributed by atoms with Crippen molar-refractivity contribution < 1.29 is 23.8 Å². The summed E-state index contributed by atoms with van der Waals surface area (Å²) < 4.78 is 16.5. The Morgan fingerprint density at radius 3 is 2.64 bits per heavy atom. The van der Waals surface area contributed by atoms with Gasteiger partial charge in [-0.3, -0.25) is 4.79 Å². The molecule has 0 aliphatic carbocycles. The van der Waals surface area contributed by atoms with Gasteiger partial charge in [0.15, 0.2) is 18.1 Å². The van der Waals surface area contributed by atoms with Crippen molar-refractivity contribution >= 4 is 39.4 Å². The predicted molar refractivity (Wildman–Crippen MR) is 96.0 cm³/mol. The number of amides is 1. The van der Waals surface area contributed by atoms with Gasteiger partial charge in [0.2, 0.25) is 0 Å². The lowest BCUT2D eigenvalue weighted by Gasteiger charge is -2.13. The first kappa shape index (κ1) is 19.1. The van der Waals surface area contributed by atoms with Crippen LogP contribution in [0.4, 0.5) is 0 Å². The fraction of sp³-hybridized carbons (Fsp3) is 0.176. The molecule has 0 aromatic heterocycles. The zero-order valence-electron chi connectivity index (χ0n) is 13.3. The molecule has 8 heteroatoms. The Balaban J connectivity index is 2.14. The second kappa shape index (κ2) is 8.73. The SMILES string of the molecule is COc1cc(C(=O)OCc2cccc(Br)c2)cc(Cl)c1OCC(N)=O. The van der Waals surface area contributed by atoms with Crippen LogP contribution in [0.2, 0.25) is 5.02 Å². The predicted octanol–water partition coefficient (Wildman–Crippen LogP) is 3.33. The number of esters is 1. The summed E-state index contributed by atoms with van der Waals surface area (Å²) >= 11 is 9.46. The topological polar surface area (TPSA) is 87.8 Å². The maximum atomic E-state index is 12.2. The van der Waals surface area contributed by atoms with Crippen molar-refractivity contribution in [3.8, 4) is 11.5 Å². The van der Waals surface area contributed by atoms with Gasteiger partial charge in [0.25, 0.3) is 5.91 Å². The normalized spacial score (nSPS) is 10.2. The van der Waals surface area contributed by atoms with Gasteiger partial charge in [-0.2, -0.15) is 0 Å². The number of rotatable bonds is 7. The molecule has 1 amide bonds. The standard InChI is InChI=1S/C17H15BrClNO5/c1-23-14-7-11(6-13(19)16(14)24-9-15(20)21)17(22)25-8-10-3-2-4-12(18)5-10/h2-7H,8-9H2,1H3,(H2,20,21). The van der Waals surface area contributed by atoms with E-state index >= 15 is 0 Å². The van der Waals surface area contributed by atoms with Crippen molar-refractivity contribution in [2.24, 2.45) is 5.73 Å². The van der Waals surface area contributed by atoms with Gasteiger partial charge in [0.1, 0.15) is 6.61 Å². The van der Waals surface area contributed by atoms with E-state index < -0.39 is 11.9 Å². The highest BCUT2D eigenvalue weighted by molar-refractivity contribution is 9.10. The first-order valence-electron chi connectivity index (χ1n) is 7.11. The zero-order chi connectivity index (χ0) is 18.4. The highest BCUT2D eigenvalue weighted by atomic mass is 79.9. The van der Waals surface area contributed by atoms with Crippen LogP contribution in [0.15, 0.2) is 40.9 Å². The third-order valence-corrected chi connectivity index (χ3v) is 3.86. The molecule has 0 aliphatic heterocycles. The lowest BCUT2D eigenvalue weighted by molar-refractivity contribution is -0.119. The van der Waals surface area contributed by atoms with Gasteiger partial charge in [-0.15, -0.1) is 0 Å². The number of carbonyl (C=O) groups excluding carboxylic acids is 2. The molecule has 25 heavy (non-hydrogen) atoms. The minimum atomic E-state index is -0.657. The number of ether oxygens (including phenoxy) is 3. The van der Waals surface area contributed by atoms with Crippen molar-refractivity contribution in [2.75, 3.05) is 13.7 Å². The van der Waals surface area contributed by atoms with Crippen LogP contribution in [-0.4, -0.2) is 25.6 Å². The van der Waals surface area contributed by atoms with Crippen LogP contribution in [0.5, 0.6) is 11.5 Å². The number of hydrogen-bond donors (Lipinski definition) is 1. The van der Waals surface area contributed by atoms with Gasteiger partial charge in [0, 0.05) is 4.47 Å². The second-order valence-electron chi connectivity index (χ2n) is 4.95. The average molecular weight is 429 g/mol. The molecule has 132 valence electrons. The molecule has 0 unspecified atom stereocenters. The molecule has 2 rings (SSSR count). The van der Waals surface area contributed by atoms with E-state index in [2.05, 4.69) is 15.9 Å². The van der Waals surface area contributed by atoms with E-state index in [4.69, 9.17) is 31.5 Å². The summed E-state index contributed by atoms with van der Waals surface area (Å²) in [6.07, 6.45) is 0. The molecule has 2 aromatic carbocycles. The molecule has 0 radical (unpaired) electrons. The summed E-state index contributed by atoms with van der Waals surface area (Å²) in [5.74, 6) is -0.896. The van der Waals surface area contributed by atoms with E-state index in [1.54, 1.807) is 0 Å². The van der Waals surface area contributed by atoms with E-state index in [9.17, 15) is 9.59 Å². The van der Waals surface area contributed by atoms with Crippen molar-refractivity contribution in [1.29, 1.82) is 0 Å². The lowest BCUT2D eigenvalue weighted by Crippen LogP contribution is -2.20. The number of hydrogen-bond acceptors (Lipinski definition) is 5. The monoisotopic (exact) mass is 427 g/mol. The second-order valence-corrected chi connectivity index (χ2v) is 6.27. The maximum absolute atomic E-state index is 12.2. The summed E-state index contributed by atoms with van der Waals surface area (Å²) in [6.45, 7) is -0.249. The summed E-state index contributed by atoms with van der Waals surface area (Å²) in [4.78, 5) is 23.1. The van der Waals surface area contributed by atoms with Crippen molar-refractivity contribution in [3.63, 3.8) is 0 Å². The maximum Gasteiger partial charge on any atom is 0.338 e. The zero-order valence-corrected chi connectivity index (χ0v) is 15.6. The number of benzene rings is 2. The Kier molecular flexibility index (Phi) is 6.66. The molecule has 2 aromatic rings. The average Bonchev–Trinajstić information content (AvgIpc) is 2.57. The number of nitrogens with two attached hydrogens (primary N) is 1. The van der Waals surface area contributed by atoms with Crippen LogP contribution in [0, 0.1) is 0 Å². The molecule has 0 spiro atoms. The Morgan fingerprint density at radius 2 is 2.00 bits per heavy atom. The van der Waals surface area contributed by atoms with E-state index in [0.717, 1.165) is 10.0 Å². The third kappa shape index (κ3) is 5.37. The highest BCUT2D eigenvalue weighted by Gasteiger charge is 2.17. The van der Waals surface area contributed by atoms with Crippen molar-refractivity contribution in [3.05, 3.63) is 57.0 Å². The van der Waals surface area contributed by atoms with Crippen LogP contribution in [0.1, 0.15) is 15.9 Å². The van der Waals surface area contributed by atoms with Crippen molar-refractivity contribution in [2.45, 2.75) is 6.61 Å². The Hall–Kier alpha value is -2.25. The van der Waals surface area contributed by atoms with Gasteiger partial charge < -0.3 is 19.9 Å². The summed E-state index contributed by atoms with van der Waals surface area (Å²) in [7, 11) is 1.39. The number of methoxy groups -OCH3 is 1. The van der Waals surface area contributed by atoms with Gasteiger partial charge in [-0.1, -0.05) is 39.7 Å². The van der Waals surface area contributed by atoms with Gasteiger partial charge in [-0.25, -0.2) is 4.79 Å². The highest BCUT2D eigenvalue weighted by Crippen LogP contribution is 2.36. The summed E-state index contributed by atoms with van der Waals surface area (Å²) in [6, 6.07) is 10.2. The Labute approximate surface area is 157 Å². The quantitative estimate of drug-likeness (QED) is 0.684. The van der Waals surface area contributed by atoms with Crippen molar-refractivity contribution in [1.82, 2.24) is 0 Å². The fourth-order valence-electron chi connectivity index (χ4n) is 1.98. The minimum Gasteiger partial charge on any atom is -0.493 e. The molecule has 6 nitrogen and oxygen atoms in total. The molecule has 0 atom stereocenters. The van der Waals surface area contributed by atoms with Crippen LogP contribution in [0.3, 0.4) is 0 Å². The third-order valence-electron chi connectivity index (χ3n) is 3.08. The number of halogens is 2. The molecule has 0 saturated heterocycles. The van der Waals surface area contributed by atoms with E-state index in [-0.39, 0.29) is 35.3 Å². The molecule has 0 fully saturated rings. The molecular formula is C17H15BrClNO5. The van der Waals surface area contributed by atoms with Crippen LogP contribution in [0.25, 0.3) is 0 Å². The van der Waals surface area contributed by atoms with Gasteiger partial charge in [0.05, 0.1) is 17.7 Å². The summed E-state index contributed by atoms with van der Waals surface area (Å²) in [5.41, 5.74) is 6.07. The van der Waals surface area contributed by atoms with Crippen LogP contribution in [-0.2, 0) is 16.1 Å². The molecule has 0 aliphatic rings. The lowest BCUT2D eigenvalue weighted by atomic mass is 10.2. The molecule has 0 bridgehead atoms.